The van der Waals surface area contributed by atoms with Crippen LogP contribution in [0.5, 0.6) is 5.75 Å². The molecule has 0 bridgehead atoms. The zero-order chi connectivity index (χ0) is 22.9. The third-order valence-corrected chi connectivity index (χ3v) is 5.24. The molecule has 32 heavy (non-hydrogen) atoms. The number of hydrogen-bond donors (Lipinski definition) is 3. The molecule has 4 rings (SSSR count). The van der Waals surface area contributed by atoms with Gasteiger partial charge < -0.3 is 21.5 Å². The van der Waals surface area contributed by atoms with Crippen LogP contribution in [0.1, 0.15) is 29.6 Å². The van der Waals surface area contributed by atoms with Crippen molar-refractivity contribution < 1.29 is 22.7 Å². The Hall–Kier alpha value is -3.75. The average molecular weight is 442 g/mol. The van der Waals surface area contributed by atoms with Gasteiger partial charge in [0, 0.05) is 24.1 Å². The molecule has 3 aromatic rings. The maximum absolute atomic E-state index is 14.3. The van der Waals surface area contributed by atoms with E-state index in [1.54, 1.807) is 36.4 Å². The summed E-state index contributed by atoms with van der Waals surface area (Å²) < 4.78 is 46.5. The summed E-state index contributed by atoms with van der Waals surface area (Å²) in [7, 11) is 0. The zero-order valence-corrected chi connectivity index (χ0v) is 16.9. The highest BCUT2D eigenvalue weighted by Gasteiger charge is 2.40. The van der Waals surface area contributed by atoms with Crippen LogP contribution in [-0.2, 0) is 0 Å². The lowest BCUT2D eigenvalue weighted by molar-refractivity contribution is -0.00106. The minimum absolute atomic E-state index is 0.140. The molecule has 1 saturated carbocycles. The second-order valence-electron chi connectivity index (χ2n) is 7.68. The summed E-state index contributed by atoms with van der Waals surface area (Å²) in [6.45, 7) is 0. The molecule has 1 aromatic heterocycles. The number of rotatable bonds is 5. The molecule has 5 N–H and O–H groups in total. The number of hydrogen-bond acceptors (Lipinski definition) is 5. The Morgan fingerprint density at radius 3 is 2.50 bits per heavy atom. The van der Waals surface area contributed by atoms with Crippen molar-refractivity contribution in [3.63, 3.8) is 0 Å². The van der Waals surface area contributed by atoms with Crippen molar-refractivity contribution in [3.8, 4) is 17.0 Å². The zero-order valence-electron chi connectivity index (χ0n) is 16.9. The van der Waals surface area contributed by atoms with E-state index in [2.05, 4.69) is 10.3 Å². The Kier molecular flexibility index (Phi) is 5.65. The van der Waals surface area contributed by atoms with Gasteiger partial charge in [-0.25, -0.2) is 18.2 Å². The minimum Gasteiger partial charge on any atom is -0.490 e. The number of halogens is 3. The molecule has 9 heteroatoms. The molecule has 6 nitrogen and oxygen atoms in total. The predicted octanol–water partition coefficient (Wildman–Crippen LogP) is 4.87. The van der Waals surface area contributed by atoms with E-state index < -0.39 is 23.8 Å². The number of carbonyl (C=O) groups is 1. The number of carbonyl (C=O) groups excluding carboxylic acids is 1. The number of anilines is 3. The van der Waals surface area contributed by atoms with Crippen LogP contribution in [0.25, 0.3) is 11.3 Å². The molecule has 1 atom stereocenters. The largest absolute Gasteiger partial charge is 0.490 e. The number of aromatic nitrogens is 1. The van der Waals surface area contributed by atoms with E-state index in [1.807, 2.05) is 0 Å². The maximum Gasteiger partial charge on any atom is 0.258 e. The summed E-state index contributed by atoms with van der Waals surface area (Å²) in [6, 6.07) is 13.5. The Morgan fingerprint density at radius 1 is 1.09 bits per heavy atom. The van der Waals surface area contributed by atoms with E-state index >= 15 is 0 Å². The SMILES string of the molecule is Nc1ccc(-c2ccc(F)c(C(=O)Nc3ccc(OC4CCC(F)(F)C4)cc3)c2)nc1N. The lowest BCUT2D eigenvalue weighted by atomic mass is 10.1. The third kappa shape index (κ3) is 4.77. The third-order valence-electron chi connectivity index (χ3n) is 5.24. The molecule has 1 aliphatic rings. The molecule has 0 spiro atoms. The fourth-order valence-corrected chi connectivity index (χ4v) is 3.52. The van der Waals surface area contributed by atoms with E-state index in [-0.39, 0.29) is 30.6 Å². The summed E-state index contributed by atoms with van der Waals surface area (Å²) in [5.41, 5.74) is 12.9. The molecule has 2 aromatic carbocycles. The van der Waals surface area contributed by atoms with E-state index in [0.29, 0.717) is 28.4 Å². The number of nitrogens with two attached hydrogens (primary N) is 2. The number of ether oxygens (including phenoxy) is 1. The molecule has 1 unspecified atom stereocenters. The average Bonchev–Trinajstić information content (AvgIpc) is 3.10. The molecule has 0 radical (unpaired) electrons. The van der Waals surface area contributed by atoms with Crippen molar-refractivity contribution in [3.05, 3.63) is 66.0 Å². The second kappa shape index (κ2) is 8.41. The standard InChI is InChI=1S/C23H21F3N4O2/c24-18-6-1-13(20-8-7-19(27)21(28)30-20)11-17(18)22(31)29-14-2-4-15(5-3-14)32-16-9-10-23(25,26)12-16/h1-8,11,16H,9-10,12,27H2,(H2,28,30)(H,29,31). The molecule has 1 fully saturated rings. The van der Waals surface area contributed by atoms with Gasteiger partial charge in [0.25, 0.3) is 11.8 Å². The minimum atomic E-state index is -2.69. The van der Waals surface area contributed by atoms with Crippen molar-refractivity contribution in [1.29, 1.82) is 0 Å². The maximum atomic E-state index is 14.3. The van der Waals surface area contributed by atoms with E-state index in [1.165, 1.54) is 18.2 Å². The van der Waals surface area contributed by atoms with Crippen LogP contribution in [0.2, 0.25) is 0 Å². The van der Waals surface area contributed by atoms with Gasteiger partial charge in [-0.05, 0) is 61.0 Å². The summed E-state index contributed by atoms with van der Waals surface area (Å²) in [6.07, 6.45) is -0.751. The number of amides is 1. The monoisotopic (exact) mass is 442 g/mol. The first-order chi connectivity index (χ1) is 15.2. The van der Waals surface area contributed by atoms with Crippen LogP contribution in [0.4, 0.5) is 30.4 Å². The first-order valence-electron chi connectivity index (χ1n) is 9.98. The van der Waals surface area contributed by atoms with Crippen LogP contribution in [0.15, 0.2) is 54.6 Å². The van der Waals surface area contributed by atoms with Crippen molar-refractivity contribution in [2.45, 2.75) is 31.3 Å². The summed E-state index contributed by atoms with van der Waals surface area (Å²) in [4.78, 5) is 16.8. The van der Waals surface area contributed by atoms with Crippen LogP contribution in [-0.4, -0.2) is 22.9 Å². The van der Waals surface area contributed by atoms with E-state index in [9.17, 15) is 18.0 Å². The van der Waals surface area contributed by atoms with Crippen LogP contribution < -0.4 is 21.5 Å². The van der Waals surface area contributed by atoms with Crippen molar-refractivity contribution in [2.24, 2.45) is 0 Å². The van der Waals surface area contributed by atoms with Gasteiger partial charge >= 0.3 is 0 Å². The molecule has 1 amide bonds. The van der Waals surface area contributed by atoms with Gasteiger partial charge in [-0.3, -0.25) is 4.79 Å². The Bertz CT molecular complexity index is 1150. The molecule has 166 valence electrons. The molecule has 1 heterocycles. The molecule has 0 aliphatic heterocycles. The van der Waals surface area contributed by atoms with Gasteiger partial charge in [-0.2, -0.15) is 0 Å². The van der Waals surface area contributed by atoms with Crippen LogP contribution >= 0.6 is 0 Å². The van der Waals surface area contributed by atoms with Gasteiger partial charge in [0.1, 0.15) is 23.5 Å². The normalized spacial score (nSPS) is 17.2. The molecule has 0 saturated heterocycles. The number of nitrogens with one attached hydrogen (secondary N) is 1. The predicted molar refractivity (Wildman–Crippen MR) is 116 cm³/mol. The number of pyridine rings is 1. The highest BCUT2D eigenvalue weighted by atomic mass is 19.3. The van der Waals surface area contributed by atoms with Gasteiger partial charge in [-0.1, -0.05) is 0 Å². The van der Waals surface area contributed by atoms with Gasteiger partial charge in [0.2, 0.25) is 0 Å². The summed E-state index contributed by atoms with van der Waals surface area (Å²) in [5.74, 6) is -3.48. The number of nitrogen functional groups attached to an aromatic ring is 2. The lowest BCUT2D eigenvalue weighted by Gasteiger charge is -2.14. The molecular weight excluding hydrogens is 421 g/mol. The van der Waals surface area contributed by atoms with Crippen molar-refractivity contribution >= 4 is 23.1 Å². The fourth-order valence-electron chi connectivity index (χ4n) is 3.52. The van der Waals surface area contributed by atoms with Crippen molar-refractivity contribution in [2.75, 3.05) is 16.8 Å². The molecule has 1 aliphatic carbocycles. The second-order valence-corrected chi connectivity index (χ2v) is 7.68. The quantitative estimate of drug-likeness (QED) is 0.523. The summed E-state index contributed by atoms with van der Waals surface area (Å²) >= 11 is 0. The summed E-state index contributed by atoms with van der Waals surface area (Å²) in [5, 5.41) is 2.61. The Morgan fingerprint density at radius 2 is 1.84 bits per heavy atom. The number of benzene rings is 2. The van der Waals surface area contributed by atoms with Gasteiger partial charge in [0.15, 0.2) is 0 Å². The Balaban J connectivity index is 1.46. The first-order valence-corrected chi connectivity index (χ1v) is 9.98. The van der Waals surface area contributed by atoms with Gasteiger partial charge in [0.05, 0.1) is 16.9 Å². The fraction of sp³-hybridized carbons (Fsp3) is 0.217. The smallest absolute Gasteiger partial charge is 0.258 e. The van der Waals surface area contributed by atoms with E-state index in [0.717, 1.165) is 0 Å². The Labute approximate surface area is 182 Å². The number of nitrogens with zero attached hydrogens (tertiary/aromatic N) is 1. The van der Waals surface area contributed by atoms with E-state index in [4.69, 9.17) is 16.2 Å². The first kappa shape index (κ1) is 21.5. The van der Waals surface area contributed by atoms with Gasteiger partial charge in [-0.15, -0.1) is 0 Å². The lowest BCUT2D eigenvalue weighted by Crippen LogP contribution is -2.17. The highest BCUT2D eigenvalue weighted by Crippen LogP contribution is 2.37. The molecular formula is C23H21F3N4O2. The van der Waals surface area contributed by atoms with Crippen molar-refractivity contribution in [1.82, 2.24) is 4.98 Å². The topological polar surface area (TPSA) is 103 Å². The van der Waals surface area contributed by atoms with Crippen LogP contribution in [0.3, 0.4) is 0 Å². The number of alkyl halides is 2. The highest BCUT2D eigenvalue weighted by molar-refractivity contribution is 6.05. The van der Waals surface area contributed by atoms with Crippen LogP contribution in [0, 0.1) is 5.82 Å².